The van der Waals surface area contributed by atoms with Crippen molar-refractivity contribution in [1.29, 1.82) is 0 Å². The quantitative estimate of drug-likeness (QED) is 0.689. The Morgan fingerprint density at radius 1 is 1.10 bits per heavy atom. The first-order chi connectivity index (χ1) is 14.5. The lowest BCUT2D eigenvalue weighted by Crippen LogP contribution is -2.51. The van der Waals surface area contributed by atoms with E-state index in [-0.39, 0.29) is 23.1 Å². The molecule has 0 aromatic heterocycles. The summed E-state index contributed by atoms with van der Waals surface area (Å²) in [5, 5.41) is 10.5. The van der Waals surface area contributed by atoms with E-state index in [0.29, 0.717) is 45.1 Å². The minimum absolute atomic E-state index is 0.0247. The number of benzene rings is 2. The molecule has 0 spiro atoms. The average molecular weight is 437 g/mol. The number of piperazine rings is 1. The second-order valence-electron chi connectivity index (χ2n) is 7.09. The highest BCUT2D eigenvalue weighted by Gasteiger charge is 2.25. The van der Waals surface area contributed by atoms with E-state index in [1.165, 1.54) is 12.1 Å². The number of ether oxygens (including phenoxy) is 2. The number of aliphatic hydroxyl groups excluding tert-OH is 1. The van der Waals surface area contributed by atoms with Crippen LogP contribution in [0.15, 0.2) is 42.5 Å². The molecule has 8 heteroatoms. The maximum Gasteiger partial charge on any atom is 0.256 e. The number of halogens is 2. The molecule has 1 aliphatic rings. The summed E-state index contributed by atoms with van der Waals surface area (Å²) in [5.41, 5.74) is 0.0247. The van der Waals surface area contributed by atoms with Crippen molar-refractivity contribution in [3.63, 3.8) is 0 Å². The van der Waals surface area contributed by atoms with Crippen LogP contribution in [-0.4, -0.2) is 72.9 Å². The van der Waals surface area contributed by atoms with Crippen LogP contribution in [0.25, 0.3) is 0 Å². The van der Waals surface area contributed by atoms with Gasteiger partial charge in [-0.1, -0.05) is 11.6 Å². The van der Waals surface area contributed by atoms with Gasteiger partial charge in [0.15, 0.2) is 0 Å². The molecule has 6 nitrogen and oxygen atoms in total. The number of amides is 1. The van der Waals surface area contributed by atoms with Crippen molar-refractivity contribution in [3.8, 4) is 11.5 Å². The fourth-order valence-electron chi connectivity index (χ4n) is 3.31. The zero-order valence-corrected chi connectivity index (χ0v) is 17.6. The van der Waals surface area contributed by atoms with Gasteiger partial charge in [0.25, 0.3) is 5.91 Å². The van der Waals surface area contributed by atoms with Gasteiger partial charge >= 0.3 is 0 Å². The van der Waals surface area contributed by atoms with Crippen molar-refractivity contribution >= 4 is 17.5 Å². The van der Waals surface area contributed by atoms with E-state index < -0.39 is 11.9 Å². The van der Waals surface area contributed by atoms with E-state index in [2.05, 4.69) is 4.90 Å². The zero-order valence-electron chi connectivity index (χ0n) is 16.9. The first-order valence-corrected chi connectivity index (χ1v) is 10.3. The van der Waals surface area contributed by atoms with Crippen molar-refractivity contribution in [3.05, 3.63) is 58.9 Å². The van der Waals surface area contributed by atoms with Crippen LogP contribution in [0.4, 0.5) is 4.39 Å². The molecule has 0 radical (unpaired) electrons. The standard InChI is InChI=1S/C22H26ClFN2O4/c1-2-29-18-4-6-19(7-5-18)30-15-17(27)14-25-9-11-26(12-10-25)22(28)20-8-3-16(23)13-21(20)24/h3-8,13,17,27H,2,9-12,14-15H2,1H3. The van der Waals surface area contributed by atoms with Gasteiger partial charge in [-0.25, -0.2) is 4.39 Å². The summed E-state index contributed by atoms with van der Waals surface area (Å²) in [7, 11) is 0. The van der Waals surface area contributed by atoms with Crippen LogP contribution >= 0.6 is 11.6 Å². The summed E-state index contributed by atoms with van der Waals surface area (Å²) >= 11 is 5.75. The summed E-state index contributed by atoms with van der Waals surface area (Å²) in [6, 6.07) is 11.3. The van der Waals surface area contributed by atoms with Crippen molar-refractivity contribution in [1.82, 2.24) is 9.80 Å². The summed E-state index contributed by atoms with van der Waals surface area (Å²) in [6.45, 7) is 5.26. The van der Waals surface area contributed by atoms with E-state index in [0.717, 1.165) is 11.8 Å². The Labute approximate surface area is 180 Å². The Morgan fingerprint density at radius 2 is 1.73 bits per heavy atom. The van der Waals surface area contributed by atoms with Gasteiger partial charge in [0, 0.05) is 37.7 Å². The summed E-state index contributed by atoms with van der Waals surface area (Å²) in [5.74, 6) is 0.481. The Balaban J connectivity index is 1.42. The number of hydrogen-bond acceptors (Lipinski definition) is 5. The molecule has 1 N–H and O–H groups in total. The second kappa shape index (κ2) is 10.6. The fourth-order valence-corrected chi connectivity index (χ4v) is 3.47. The van der Waals surface area contributed by atoms with Gasteiger partial charge in [-0.2, -0.15) is 0 Å². The van der Waals surface area contributed by atoms with Gasteiger partial charge in [0.2, 0.25) is 0 Å². The number of β-amino-alcohol motifs (C(OH)–C–C–N with tert-alkyl or cyclic N) is 1. The van der Waals surface area contributed by atoms with Crippen LogP contribution in [0.3, 0.4) is 0 Å². The topological polar surface area (TPSA) is 62.2 Å². The normalized spacial score (nSPS) is 15.7. The largest absolute Gasteiger partial charge is 0.494 e. The molecular weight excluding hydrogens is 411 g/mol. The van der Waals surface area contributed by atoms with Crippen LogP contribution < -0.4 is 9.47 Å². The van der Waals surface area contributed by atoms with E-state index in [9.17, 15) is 14.3 Å². The van der Waals surface area contributed by atoms with Gasteiger partial charge in [-0.3, -0.25) is 9.69 Å². The van der Waals surface area contributed by atoms with Crippen LogP contribution in [0.1, 0.15) is 17.3 Å². The number of rotatable bonds is 8. The molecule has 1 unspecified atom stereocenters. The van der Waals surface area contributed by atoms with Crippen molar-refractivity contribution < 1.29 is 23.8 Å². The number of hydrogen-bond donors (Lipinski definition) is 1. The molecule has 1 atom stereocenters. The maximum absolute atomic E-state index is 14.0. The zero-order chi connectivity index (χ0) is 21.5. The SMILES string of the molecule is CCOc1ccc(OCC(O)CN2CCN(C(=O)c3ccc(Cl)cc3F)CC2)cc1. The highest BCUT2D eigenvalue weighted by atomic mass is 35.5. The lowest BCUT2D eigenvalue weighted by atomic mass is 10.1. The maximum atomic E-state index is 14.0. The van der Waals surface area contributed by atoms with Crippen molar-refractivity contribution in [2.75, 3.05) is 45.9 Å². The number of aliphatic hydroxyl groups is 1. The molecular formula is C22H26ClFN2O4. The minimum Gasteiger partial charge on any atom is -0.494 e. The number of carbonyl (C=O) groups excluding carboxylic acids is 1. The molecule has 0 saturated carbocycles. The summed E-state index contributed by atoms with van der Waals surface area (Å²) in [6.07, 6.45) is -0.660. The lowest BCUT2D eigenvalue weighted by molar-refractivity contribution is 0.0401. The smallest absolute Gasteiger partial charge is 0.256 e. The molecule has 2 aromatic rings. The predicted octanol–water partition coefficient (Wildman–Crippen LogP) is 3.08. The highest BCUT2D eigenvalue weighted by molar-refractivity contribution is 6.30. The molecule has 162 valence electrons. The summed E-state index contributed by atoms with van der Waals surface area (Å²) < 4.78 is 25.0. The molecule has 1 aliphatic heterocycles. The molecule has 2 aromatic carbocycles. The van der Waals surface area contributed by atoms with Crippen LogP contribution in [0, 0.1) is 5.82 Å². The van der Waals surface area contributed by atoms with Gasteiger partial charge in [0.1, 0.15) is 30.0 Å². The lowest BCUT2D eigenvalue weighted by Gasteiger charge is -2.35. The Hall–Kier alpha value is -2.35. The van der Waals surface area contributed by atoms with Crippen LogP contribution in [-0.2, 0) is 0 Å². The first kappa shape index (κ1) is 22.3. The molecule has 3 rings (SSSR count). The predicted molar refractivity (Wildman–Crippen MR) is 113 cm³/mol. The van der Waals surface area contributed by atoms with Gasteiger partial charge < -0.3 is 19.5 Å². The second-order valence-corrected chi connectivity index (χ2v) is 7.52. The minimum atomic E-state index is -0.660. The van der Waals surface area contributed by atoms with E-state index in [1.54, 1.807) is 17.0 Å². The van der Waals surface area contributed by atoms with E-state index in [1.807, 2.05) is 19.1 Å². The third-order valence-corrected chi connectivity index (χ3v) is 5.10. The van der Waals surface area contributed by atoms with Crippen LogP contribution in [0.5, 0.6) is 11.5 Å². The molecule has 1 heterocycles. The number of carbonyl (C=O) groups is 1. The highest BCUT2D eigenvalue weighted by Crippen LogP contribution is 2.19. The van der Waals surface area contributed by atoms with Gasteiger partial charge in [-0.15, -0.1) is 0 Å². The molecule has 1 amide bonds. The average Bonchev–Trinajstić information content (AvgIpc) is 2.74. The van der Waals surface area contributed by atoms with Crippen molar-refractivity contribution in [2.24, 2.45) is 0 Å². The Morgan fingerprint density at radius 3 is 2.33 bits per heavy atom. The van der Waals surface area contributed by atoms with E-state index in [4.69, 9.17) is 21.1 Å². The number of nitrogens with zero attached hydrogens (tertiary/aromatic N) is 2. The molecule has 0 aliphatic carbocycles. The molecule has 1 saturated heterocycles. The monoisotopic (exact) mass is 436 g/mol. The van der Waals surface area contributed by atoms with Crippen LogP contribution in [0.2, 0.25) is 5.02 Å². The third kappa shape index (κ3) is 6.08. The first-order valence-electron chi connectivity index (χ1n) is 9.96. The third-order valence-electron chi connectivity index (χ3n) is 4.87. The molecule has 0 bridgehead atoms. The Bertz CT molecular complexity index is 842. The molecule has 30 heavy (non-hydrogen) atoms. The van der Waals surface area contributed by atoms with Crippen molar-refractivity contribution in [2.45, 2.75) is 13.0 Å². The summed E-state index contributed by atoms with van der Waals surface area (Å²) in [4.78, 5) is 16.2. The van der Waals surface area contributed by atoms with Gasteiger partial charge in [-0.05, 0) is 49.4 Å². The fraction of sp³-hybridized carbons (Fsp3) is 0.409. The Kier molecular flexibility index (Phi) is 7.90. The van der Waals surface area contributed by atoms with E-state index >= 15 is 0 Å². The molecule has 1 fully saturated rings. The van der Waals surface area contributed by atoms with Gasteiger partial charge in [0.05, 0.1) is 12.2 Å².